The second kappa shape index (κ2) is 14.2. The van der Waals surface area contributed by atoms with Crippen molar-refractivity contribution in [1.82, 2.24) is 0 Å². The fourth-order valence-corrected chi connectivity index (χ4v) is 13.2. The number of rotatable bonds is 7. The van der Waals surface area contributed by atoms with Crippen LogP contribution in [-0.2, 0) is 23.7 Å². The van der Waals surface area contributed by atoms with Crippen LogP contribution in [0.5, 0.6) is 0 Å². The molecule has 2 heteroatoms. The Morgan fingerprint density at radius 3 is 1.66 bits per heavy atom. The summed E-state index contributed by atoms with van der Waals surface area (Å²) in [5, 5.41) is 2.52. The van der Waals surface area contributed by atoms with Gasteiger partial charge in [-0.3, -0.25) is 0 Å². The molecular weight excluding hydrogens is 773 g/mol. The van der Waals surface area contributed by atoms with E-state index in [-0.39, 0.29) is 10.8 Å². The zero-order valence-electron chi connectivity index (χ0n) is 36.5. The van der Waals surface area contributed by atoms with Crippen LogP contribution in [0.1, 0.15) is 60.1 Å². The quantitative estimate of drug-likeness (QED) is 0.158. The number of nitrogens with zero attached hydrogens (tertiary/aromatic N) is 2. The molecule has 3 atom stereocenters. The Kier molecular flexibility index (Phi) is 8.28. The molecule has 0 heterocycles. The van der Waals surface area contributed by atoms with Gasteiger partial charge in [-0.15, -0.1) is 0 Å². The van der Waals surface area contributed by atoms with Crippen LogP contribution in [0.25, 0.3) is 33.0 Å². The lowest BCUT2D eigenvalue weighted by molar-refractivity contribution is 0.350. The molecule has 9 aromatic carbocycles. The normalized spacial score (nSPS) is 19.3. The molecule has 9 aromatic rings. The van der Waals surface area contributed by atoms with Gasteiger partial charge in [-0.1, -0.05) is 166 Å². The first kappa shape index (κ1) is 37.4. The topological polar surface area (TPSA) is 6.48 Å². The van der Waals surface area contributed by atoms with E-state index in [4.69, 9.17) is 0 Å². The molecule has 308 valence electrons. The predicted octanol–water partition coefficient (Wildman–Crippen LogP) is 16.2. The summed E-state index contributed by atoms with van der Waals surface area (Å²) in [7, 11) is 0. The lowest BCUT2D eigenvalue weighted by Gasteiger charge is -2.40. The van der Waals surface area contributed by atoms with Crippen molar-refractivity contribution in [1.29, 1.82) is 0 Å². The Morgan fingerprint density at radius 1 is 0.422 bits per heavy atom. The van der Waals surface area contributed by atoms with E-state index in [9.17, 15) is 0 Å². The van der Waals surface area contributed by atoms with E-state index in [1.165, 1.54) is 113 Å². The Bertz CT molecular complexity index is 3230. The van der Waals surface area contributed by atoms with Gasteiger partial charge in [0.25, 0.3) is 0 Å². The van der Waals surface area contributed by atoms with Crippen molar-refractivity contribution in [2.45, 2.75) is 50.4 Å². The van der Waals surface area contributed by atoms with Gasteiger partial charge in [-0.25, -0.2) is 0 Å². The number of fused-ring (bicyclic) bond motifs is 6. The molecule has 0 N–H and O–H groups in total. The lowest BCUT2D eigenvalue weighted by Crippen LogP contribution is -2.34. The molecule has 2 nitrogen and oxygen atoms in total. The molecule has 1 saturated carbocycles. The van der Waals surface area contributed by atoms with E-state index in [0.29, 0.717) is 11.8 Å². The Balaban J connectivity index is 1.11. The Hall–Kier alpha value is -7.16. The molecule has 0 radical (unpaired) electrons. The minimum absolute atomic E-state index is 0.143. The molecule has 64 heavy (non-hydrogen) atoms. The minimum atomic E-state index is -0.159. The van der Waals surface area contributed by atoms with Crippen LogP contribution < -0.4 is 9.80 Å². The standard InChI is InChI=1S/C62H50N2/c1-61(2)53-29-15-14-28-51(53)52-36-35-49(40-54(52)61)64(55-37-32-41-18-12-13-27-50(41)58(55)42-19-6-3-7-20-42)57-31-17-22-44-39-46-34-33-45-38-43-21-16-30-56(59(43)62(45,46)60(44)57)63(47-23-8-4-9-24-47)48-25-10-5-11-26-48/h3-32,35-37,40,45-46H,33-34,38-39H2,1-2H3. The van der Waals surface area contributed by atoms with Gasteiger partial charge in [-0.2, -0.15) is 0 Å². The van der Waals surface area contributed by atoms with E-state index in [2.05, 4.69) is 230 Å². The average molecular weight is 823 g/mol. The first-order chi connectivity index (χ1) is 31.5. The fourth-order valence-electron chi connectivity index (χ4n) is 13.2. The van der Waals surface area contributed by atoms with Crippen LogP contribution in [-0.4, -0.2) is 0 Å². The van der Waals surface area contributed by atoms with Crippen molar-refractivity contribution >= 4 is 44.9 Å². The van der Waals surface area contributed by atoms with E-state index in [0.717, 1.165) is 12.8 Å². The van der Waals surface area contributed by atoms with Gasteiger partial charge >= 0.3 is 0 Å². The zero-order chi connectivity index (χ0) is 42.6. The summed E-state index contributed by atoms with van der Waals surface area (Å²) in [4.78, 5) is 5.23. The molecule has 1 fully saturated rings. The number of para-hydroxylation sites is 2. The molecule has 0 bridgehead atoms. The van der Waals surface area contributed by atoms with E-state index < -0.39 is 0 Å². The summed E-state index contributed by atoms with van der Waals surface area (Å²) in [6.45, 7) is 4.82. The highest BCUT2D eigenvalue weighted by molar-refractivity contribution is 6.06. The van der Waals surface area contributed by atoms with Crippen molar-refractivity contribution < 1.29 is 0 Å². The van der Waals surface area contributed by atoms with E-state index >= 15 is 0 Å². The molecule has 1 spiro atoms. The smallest absolute Gasteiger partial charge is 0.0546 e. The molecule has 0 aromatic heterocycles. The Labute approximate surface area is 377 Å². The number of hydrogen-bond donors (Lipinski definition) is 0. The molecule has 0 amide bonds. The largest absolute Gasteiger partial charge is 0.310 e. The van der Waals surface area contributed by atoms with Crippen LogP contribution >= 0.6 is 0 Å². The van der Waals surface area contributed by atoms with Crippen molar-refractivity contribution in [2.24, 2.45) is 11.8 Å². The number of hydrogen-bond acceptors (Lipinski definition) is 2. The lowest BCUT2D eigenvalue weighted by atomic mass is 9.68. The van der Waals surface area contributed by atoms with Gasteiger partial charge in [0, 0.05) is 33.5 Å². The van der Waals surface area contributed by atoms with Crippen molar-refractivity contribution in [3.63, 3.8) is 0 Å². The third kappa shape index (κ3) is 5.26. The summed E-state index contributed by atoms with van der Waals surface area (Å²) >= 11 is 0. The summed E-state index contributed by atoms with van der Waals surface area (Å²) in [6, 6.07) is 77.8. The molecule has 0 aliphatic heterocycles. The summed E-state index contributed by atoms with van der Waals surface area (Å²) in [5.41, 5.74) is 21.2. The summed E-state index contributed by atoms with van der Waals surface area (Å²) in [6.07, 6.45) is 4.66. The molecule has 4 aliphatic rings. The van der Waals surface area contributed by atoms with Gasteiger partial charge in [0.1, 0.15) is 0 Å². The van der Waals surface area contributed by atoms with Gasteiger partial charge in [0.2, 0.25) is 0 Å². The Morgan fingerprint density at radius 2 is 0.984 bits per heavy atom. The van der Waals surface area contributed by atoms with E-state index in [1.807, 2.05) is 0 Å². The van der Waals surface area contributed by atoms with Gasteiger partial charge in [-0.05, 0) is 153 Å². The summed E-state index contributed by atoms with van der Waals surface area (Å²) in [5.74, 6) is 1.01. The van der Waals surface area contributed by atoms with Crippen molar-refractivity contribution in [2.75, 3.05) is 9.80 Å². The van der Waals surface area contributed by atoms with Crippen LogP contribution in [0.3, 0.4) is 0 Å². The van der Waals surface area contributed by atoms with Gasteiger partial charge in [0.15, 0.2) is 0 Å². The number of anilines is 6. The average Bonchev–Trinajstić information content (AvgIpc) is 4.04. The summed E-state index contributed by atoms with van der Waals surface area (Å²) < 4.78 is 0. The van der Waals surface area contributed by atoms with Crippen LogP contribution in [0.4, 0.5) is 34.1 Å². The van der Waals surface area contributed by atoms with Crippen LogP contribution in [0, 0.1) is 11.8 Å². The van der Waals surface area contributed by atoms with Crippen LogP contribution in [0.15, 0.2) is 206 Å². The second-order valence-corrected chi connectivity index (χ2v) is 19.2. The van der Waals surface area contributed by atoms with Gasteiger partial charge < -0.3 is 9.80 Å². The first-order valence-electron chi connectivity index (χ1n) is 23.3. The monoisotopic (exact) mass is 822 g/mol. The van der Waals surface area contributed by atoms with Crippen molar-refractivity contribution in [3.05, 3.63) is 240 Å². The number of benzene rings is 9. The van der Waals surface area contributed by atoms with Crippen LogP contribution in [0.2, 0.25) is 0 Å². The first-order valence-corrected chi connectivity index (χ1v) is 23.3. The van der Waals surface area contributed by atoms with Crippen molar-refractivity contribution in [3.8, 4) is 22.3 Å². The maximum atomic E-state index is 2.69. The third-order valence-electron chi connectivity index (χ3n) is 15.7. The molecule has 0 saturated heterocycles. The SMILES string of the molecule is CC1(C)c2ccccc2-c2ccc(N(c3cccc4c3C35c6c(cccc6N(c6ccccc6)c6ccccc6)CC3CCC5C4)c3ccc4ccccc4c3-c3ccccc3)cc21. The minimum Gasteiger partial charge on any atom is -0.310 e. The molecule has 4 aliphatic carbocycles. The molecule has 3 unspecified atom stereocenters. The maximum Gasteiger partial charge on any atom is 0.0546 e. The van der Waals surface area contributed by atoms with E-state index in [1.54, 1.807) is 0 Å². The molecule has 13 rings (SSSR count). The highest BCUT2D eigenvalue weighted by Gasteiger charge is 2.62. The second-order valence-electron chi connectivity index (χ2n) is 19.2. The third-order valence-corrected chi connectivity index (χ3v) is 15.7. The zero-order valence-corrected chi connectivity index (χ0v) is 36.5. The van der Waals surface area contributed by atoms with Gasteiger partial charge in [0.05, 0.1) is 17.1 Å². The highest BCUT2D eigenvalue weighted by Crippen LogP contribution is 2.69. The molecular formula is C62H50N2. The predicted molar refractivity (Wildman–Crippen MR) is 267 cm³/mol. The fraction of sp³-hybridized carbons (Fsp3) is 0.161. The maximum absolute atomic E-state index is 2.69. The highest BCUT2D eigenvalue weighted by atomic mass is 15.2.